The van der Waals surface area contributed by atoms with Gasteiger partial charge in [0.25, 0.3) is 0 Å². The fourth-order valence-electron chi connectivity index (χ4n) is 2.06. The van der Waals surface area contributed by atoms with Crippen molar-refractivity contribution in [2.45, 2.75) is 6.42 Å². The van der Waals surface area contributed by atoms with Crippen molar-refractivity contribution in [2.75, 3.05) is 0 Å². The number of para-hydroxylation sites is 1. The second kappa shape index (κ2) is 5.66. The van der Waals surface area contributed by atoms with Crippen molar-refractivity contribution in [3.63, 3.8) is 0 Å². The zero-order valence-corrected chi connectivity index (χ0v) is 11.1. The Morgan fingerprint density at radius 2 is 1.76 bits per heavy atom. The normalized spacial score (nSPS) is 10.5. The van der Waals surface area contributed by atoms with Crippen LogP contribution >= 0.6 is 0 Å². The first-order valence-electron chi connectivity index (χ1n) is 6.48. The van der Waals surface area contributed by atoms with E-state index in [9.17, 15) is 9.18 Å². The zero-order chi connectivity index (χ0) is 14.7. The minimum Gasteiger partial charge on any atom is -0.292 e. The summed E-state index contributed by atoms with van der Waals surface area (Å²) in [7, 11) is 0. The molecule has 0 aliphatic carbocycles. The average molecular weight is 281 g/mol. The highest BCUT2D eigenvalue weighted by Crippen LogP contribution is 2.12. The van der Waals surface area contributed by atoms with E-state index in [0.717, 1.165) is 11.3 Å². The molecule has 0 atom stereocenters. The van der Waals surface area contributed by atoms with E-state index in [1.807, 2.05) is 30.3 Å². The van der Waals surface area contributed by atoms with E-state index in [2.05, 4.69) is 10.3 Å². The number of hydrogen-bond acceptors (Lipinski definition) is 3. The van der Waals surface area contributed by atoms with Crippen LogP contribution in [0.3, 0.4) is 0 Å². The van der Waals surface area contributed by atoms with E-state index in [1.165, 1.54) is 23.0 Å². The molecular formula is C16H12FN3O. The van der Waals surface area contributed by atoms with Crippen molar-refractivity contribution >= 4 is 5.78 Å². The Bertz CT molecular complexity index is 751. The molecule has 21 heavy (non-hydrogen) atoms. The summed E-state index contributed by atoms with van der Waals surface area (Å²) < 4.78 is 14.4. The molecule has 5 heteroatoms. The van der Waals surface area contributed by atoms with Gasteiger partial charge in [0.1, 0.15) is 11.5 Å². The molecule has 3 aromatic rings. The molecule has 1 aromatic heterocycles. The maximum absolute atomic E-state index is 12.9. The van der Waals surface area contributed by atoms with Gasteiger partial charge in [-0.05, 0) is 29.8 Å². The lowest BCUT2D eigenvalue weighted by molar-refractivity contribution is 0.0985. The van der Waals surface area contributed by atoms with Crippen molar-refractivity contribution in [3.05, 3.63) is 77.9 Å². The molecule has 0 saturated carbocycles. The lowest BCUT2D eigenvalue weighted by Gasteiger charge is -2.05. The summed E-state index contributed by atoms with van der Waals surface area (Å²) in [6.07, 6.45) is 1.62. The Morgan fingerprint density at radius 1 is 1.05 bits per heavy atom. The summed E-state index contributed by atoms with van der Waals surface area (Å²) in [6.45, 7) is 0. The predicted molar refractivity (Wildman–Crippen MR) is 75.8 cm³/mol. The topological polar surface area (TPSA) is 47.8 Å². The summed E-state index contributed by atoms with van der Waals surface area (Å²) in [5.74, 6) is -0.433. The Kier molecular flexibility index (Phi) is 3.55. The van der Waals surface area contributed by atoms with Gasteiger partial charge in [0.05, 0.1) is 11.9 Å². The molecule has 104 valence electrons. The Morgan fingerprint density at radius 3 is 2.48 bits per heavy atom. The minimum absolute atomic E-state index is 0.115. The van der Waals surface area contributed by atoms with Gasteiger partial charge < -0.3 is 0 Å². The maximum Gasteiger partial charge on any atom is 0.187 e. The third-order valence-electron chi connectivity index (χ3n) is 3.11. The molecule has 4 nitrogen and oxygen atoms in total. The van der Waals surface area contributed by atoms with E-state index >= 15 is 0 Å². The van der Waals surface area contributed by atoms with Gasteiger partial charge in [0.15, 0.2) is 5.78 Å². The SMILES string of the molecule is O=C(Cc1ccc(F)cc1)c1cnnn1-c1ccccc1. The van der Waals surface area contributed by atoms with Crippen LogP contribution in [0.1, 0.15) is 16.1 Å². The van der Waals surface area contributed by atoms with Gasteiger partial charge in [-0.25, -0.2) is 9.07 Å². The molecule has 0 aliphatic rings. The number of rotatable bonds is 4. The largest absolute Gasteiger partial charge is 0.292 e. The molecule has 0 radical (unpaired) electrons. The third-order valence-corrected chi connectivity index (χ3v) is 3.11. The van der Waals surface area contributed by atoms with Gasteiger partial charge in [0, 0.05) is 6.42 Å². The predicted octanol–water partition coefficient (Wildman–Crippen LogP) is 2.83. The quantitative estimate of drug-likeness (QED) is 0.691. The molecule has 1 heterocycles. The van der Waals surface area contributed by atoms with Crippen LogP contribution in [0.2, 0.25) is 0 Å². The summed E-state index contributed by atoms with van der Waals surface area (Å²) >= 11 is 0. The third kappa shape index (κ3) is 2.86. The van der Waals surface area contributed by atoms with E-state index in [4.69, 9.17) is 0 Å². The lowest BCUT2D eigenvalue weighted by atomic mass is 10.1. The number of nitrogens with zero attached hydrogens (tertiary/aromatic N) is 3. The van der Waals surface area contributed by atoms with Gasteiger partial charge in [0.2, 0.25) is 0 Å². The second-order valence-corrected chi connectivity index (χ2v) is 4.59. The number of benzene rings is 2. The van der Waals surface area contributed by atoms with Crippen molar-refractivity contribution in [2.24, 2.45) is 0 Å². The van der Waals surface area contributed by atoms with Crippen molar-refractivity contribution < 1.29 is 9.18 Å². The number of hydrogen-bond donors (Lipinski definition) is 0. The van der Waals surface area contributed by atoms with Gasteiger partial charge in [-0.1, -0.05) is 35.5 Å². The number of halogens is 1. The smallest absolute Gasteiger partial charge is 0.187 e. The standard InChI is InChI=1S/C16H12FN3O/c17-13-8-6-12(7-9-13)10-16(21)15-11-18-19-20(15)14-4-2-1-3-5-14/h1-9,11H,10H2. The van der Waals surface area contributed by atoms with Crippen LogP contribution in [0.25, 0.3) is 5.69 Å². The van der Waals surface area contributed by atoms with E-state index in [1.54, 1.807) is 12.1 Å². The van der Waals surface area contributed by atoms with Crippen LogP contribution in [-0.4, -0.2) is 20.8 Å². The lowest BCUT2D eigenvalue weighted by Crippen LogP contribution is -2.11. The fourth-order valence-corrected chi connectivity index (χ4v) is 2.06. The molecule has 0 bridgehead atoms. The highest BCUT2D eigenvalue weighted by molar-refractivity contribution is 5.96. The molecule has 0 aliphatic heterocycles. The molecule has 3 rings (SSSR count). The van der Waals surface area contributed by atoms with E-state index in [0.29, 0.717) is 5.69 Å². The van der Waals surface area contributed by atoms with Crippen LogP contribution < -0.4 is 0 Å². The summed E-state index contributed by atoms with van der Waals surface area (Å²) in [4.78, 5) is 12.4. The van der Waals surface area contributed by atoms with Gasteiger partial charge in [-0.3, -0.25) is 4.79 Å². The molecule has 0 saturated heterocycles. The maximum atomic E-state index is 12.9. The number of Topliss-reactive ketones (excluding diaryl/α,β-unsaturated/α-hetero) is 1. The highest BCUT2D eigenvalue weighted by atomic mass is 19.1. The van der Waals surface area contributed by atoms with E-state index in [-0.39, 0.29) is 18.0 Å². The number of carbonyl (C=O) groups is 1. The zero-order valence-electron chi connectivity index (χ0n) is 11.1. The summed E-state index contributed by atoms with van der Waals surface area (Å²) in [6, 6.07) is 15.2. The summed E-state index contributed by atoms with van der Waals surface area (Å²) in [5.41, 5.74) is 1.94. The monoisotopic (exact) mass is 281 g/mol. The second-order valence-electron chi connectivity index (χ2n) is 4.59. The van der Waals surface area contributed by atoms with Crippen LogP contribution in [0.4, 0.5) is 4.39 Å². The highest BCUT2D eigenvalue weighted by Gasteiger charge is 2.15. The van der Waals surface area contributed by atoms with Crippen molar-refractivity contribution in [1.29, 1.82) is 0 Å². The molecular weight excluding hydrogens is 269 g/mol. The van der Waals surface area contributed by atoms with Gasteiger partial charge in [-0.15, -0.1) is 5.10 Å². The molecule has 0 N–H and O–H groups in total. The minimum atomic E-state index is -0.317. The van der Waals surface area contributed by atoms with Crippen LogP contribution in [0, 0.1) is 5.82 Å². The first-order chi connectivity index (χ1) is 10.2. The fraction of sp³-hybridized carbons (Fsp3) is 0.0625. The van der Waals surface area contributed by atoms with Crippen LogP contribution in [0.5, 0.6) is 0 Å². The summed E-state index contributed by atoms with van der Waals surface area (Å²) in [5, 5.41) is 7.76. The number of ketones is 1. The Balaban J connectivity index is 1.86. The molecule has 0 fully saturated rings. The van der Waals surface area contributed by atoms with E-state index < -0.39 is 0 Å². The van der Waals surface area contributed by atoms with Gasteiger partial charge in [-0.2, -0.15) is 0 Å². The molecule has 0 amide bonds. The average Bonchev–Trinajstić information content (AvgIpc) is 3.00. The number of aromatic nitrogens is 3. The van der Waals surface area contributed by atoms with Crippen molar-refractivity contribution in [3.8, 4) is 5.69 Å². The Labute approximate surface area is 120 Å². The van der Waals surface area contributed by atoms with Gasteiger partial charge >= 0.3 is 0 Å². The molecule has 0 unspecified atom stereocenters. The molecule has 2 aromatic carbocycles. The Hall–Kier alpha value is -2.82. The van der Waals surface area contributed by atoms with Crippen molar-refractivity contribution in [1.82, 2.24) is 15.0 Å². The first kappa shape index (κ1) is 13.2. The number of carbonyl (C=O) groups excluding carboxylic acids is 1. The van der Waals surface area contributed by atoms with Crippen LogP contribution in [0.15, 0.2) is 60.8 Å². The first-order valence-corrected chi connectivity index (χ1v) is 6.48. The van der Waals surface area contributed by atoms with Crippen LogP contribution in [-0.2, 0) is 6.42 Å². The molecule has 0 spiro atoms.